The summed E-state index contributed by atoms with van der Waals surface area (Å²) in [6.45, 7) is 1.91. The fourth-order valence-corrected chi connectivity index (χ4v) is 2.53. The van der Waals surface area contributed by atoms with Crippen LogP contribution in [0.2, 0.25) is 0 Å². The van der Waals surface area contributed by atoms with Crippen LogP contribution in [0.4, 0.5) is 0 Å². The smallest absolute Gasteiger partial charge is 0.313 e. The lowest BCUT2D eigenvalue weighted by molar-refractivity contribution is -0.133. The van der Waals surface area contributed by atoms with Crippen molar-refractivity contribution in [2.24, 2.45) is 7.05 Å². The van der Waals surface area contributed by atoms with Crippen molar-refractivity contribution in [3.8, 4) is 10.7 Å². The van der Waals surface area contributed by atoms with Crippen molar-refractivity contribution in [2.45, 2.75) is 12.1 Å². The van der Waals surface area contributed by atoms with Crippen LogP contribution >= 0.6 is 23.1 Å². The van der Waals surface area contributed by atoms with Gasteiger partial charge in [-0.1, -0.05) is 11.8 Å². The minimum atomic E-state index is -0.867. The first-order valence-corrected chi connectivity index (χ1v) is 6.55. The van der Waals surface area contributed by atoms with Gasteiger partial charge in [-0.05, 0) is 6.92 Å². The number of hydrogen-bond acceptors (Lipinski definition) is 6. The van der Waals surface area contributed by atoms with Crippen LogP contribution in [0.1, 0.15) is 5.01 Å². The first kappa shape index (κ1) is 12.1. The van der Waals surface area contributed by atoms with E-state index in [1.165, 1.54) is 11.3 Å². The number of nitrogens with zero attached hydrogens (tertiary/aromatic N) is 4. The van der Waals surface area contributed by atoms with Gasteiger partial charge in [-0.3, -0.25) is 4.79 Å². The van der Waals surface area contributed by atoms with Gasteiger partial charge in [-0.15, -0.1) is 16.4 Å². The Balaban J connectivity index is 2.21. The summed E-state index contributed by atoms with van der Waals surface area (Å²) in [7, 11) is 1.74. The van der Waals surface area contributed by atoms with Crippen molar-refractivity contribution in [2.75, 3.05) is 5.75 Å². The minimum Gasteiger partial charge on any atom is -0.481 e. The topological polar surface area (TPSA) is 80.9 Å². The Labute approximate surface area is 106 Å². The number of carboxylic acids is 1. The molecule has 0 atom stereocenters. The molecule has 2 aromatic rings. The molecule has 0 fully saturated rings. The number of carbonyl (C=O) groups is 1. The Morgan fingerprint density at radius 2 is 2.41 bits per heavy atom. The van der Waals surface area contributed by atoms with Gasteiger partial charge in [0.2, 0.25) is 0 Å². The summed E-state index contributed by atoms with van der Waals surface area (Å²) >= 11 is 2.66. The maximum atomic E-state index is 10.5. The number of aromatic nitrogens is 4. The zero-order valence-corrected chi connectivity index (χ0v) is 10.9. The minimum absolute atomic E-state index is 0.0201. The second-order valence-corrected chi connectivity index (χ2v) is 5.44. The zero-order chi connectivity index (χ0) is 12.4. The molecule has 0 aromatic carbocycles. The molecule has 0 bridgehead atoms. The molecule has 90 valence electrons. The van der Waals surface area contributed by atoms with Crippen LogP contribution in [0.3, 0.4) is 0 Å². The Morgan fingerprint density at radius 3 is 3.00 bits per heavy atom. The second kappa shape index (κ2) is 4.84. The standard InChI is InChI=1S/C9H10N4O2S2/c1-5-10-3-6(17-5)8-11-9(13(2)12-8)16-4-7(14)15/h3H,4H2,1-2H3,(H,14,15). The number of thioether (sulfide) groups is 1. The van der Waals surface area contributed by atoms with E-state index in [1.807, 2.05) is 6.92 Å². The summed E-state index contributed by atoms with van der Waals surface area (Å²) in [6, 6.07) is 0. The molecule has 0 aliphatic heterocycles. The van der Waals surface area contributed by atoms with Crippen LogP contribution in [0, 0.1) is 6.92 Å². The molecule has 0 radical (unpaired) electrons. The molecule has 0 aliphatic carbocycles. The van der Waals surface area contributed by atoms with E-state index in [9.17, 15) is 4.79 Å². The molecule has 0 aliphatic rings. The molecule has 2 heterocycles. The van der Waals surface area contributed by atoms with E-state index in [0.29, 0.717) is 11.0 Å². The number of rotatable bonds is 4. The fraction of sp³-hybridized carbons (Fsp3) is 0.333. The van der Waals surface area contributed by atoms with Crippen LogP contribution in [-0.4, -0.2) is 36.6 Å². The van der Waals surface area contributed by atoms with E-state index in [-0.39, 0.29) is 5.75 Å². The molecular formula is C9H10N4O2S2. The highest BCUT2D eigenvalue weighted by Crippen LogP contribution is 2.25. The zero-order valence-electron chi connectivity index (χ0n) is 9.25. The summed E-state index contributed by atoms with van der Waals surface area (Å²) in [5.74, 6) is -0.299. The van der Waals surface area contributed by atoms with Gasteiger partial charge in [0.1, 0.15) is 0 Å². The highest BCUT2D eigenvalue weighted by Gasteiger charge is 2.12. The van der Waals surface area contributed by atoms with Crippen LogP contribution in [-0.2, 0) is 11.8 Å². The molecule has 17 heavy (non-hydrogen) atoms. The number of hydrogen-bond donors (Lipinski definition) is 1. The molecule has 0 unspecified atom stereocenters. The van der Waals surface area contributed by atoms with Gasteiger partial charge in [0, 0.05) is 13.2 Å². The van der Waals surface area contributed by atoms with Gasteiger partial charge in [-0.25, -0.2) is 9.67 Å². The third kappa shape index (κ3) is 2.83. The number of aryl methyl sites for hydroxylation is 2. The van der Waals surface area contributed by atoms with E-state index >= 15 is 0 Å². The largest absolute Gasteiger partial charge is 0.481 e. The van der Waals surface area contributed by atoms with Crippen molar-refractivity contribution in [3.63, 3.8) is 0 Å². The maximum absolute atomic E-state index is 10.5. The lowest BCUT2D eigenvalue weighted by atomic mass is 10.5. The van der Waals surface area contributed by atoms with Gasteiger partial charge in [0.05, 0.1) is 15.6 Å². The summed E-state index contributed by atoms with van der Waals surface area (Å²) in [4.78, 5) is 19.8. The first-order chi connectivity index (χ1) is 8.06. The van der Waals surface area contributed by atoms with Crippen molar-refractivity contribution in [1.82, 2.24) is 19.7 Å². The Hall–Kier alpha value is -1.41. The van der Waals surface area contributed by atoms with Gasteiger partial charge in [-0.2, -0.15) is 4.98 Å². The van der Waals surface area contributed by atoms with E-state index in [1.54, 1.807) is 17.9 Å². The maximum Gasteiger partial charge on any atom is 0.313 e. The third-order valence-electron chi connectivity index (χ3n) is 1.89. The monoisotopic (exact) mass is 270 g/mol. The van der Waals surface area contributed by atoms with Gasteiger partial charge < -0.3 is 5.11 Å². The highest BCUT2D eigenvalue weighted by molar-refractivity contribution is 7.99. The van der Waals surface area contributed by atoms with E-state index in [0.717, 1.165) is 21.6 Å². The Morgan fingerprint density at radius 1 is 1.65 bits per heavy atom. The summed E-state index contributed by atoms with van der Waals surface area (Å²) < 4.78 is 1.58. The van der Waals surface area contributed by atoms with Gasteiger partial charge in [0.15, 0.2) is 11.0 Å². The predicted octanol–water partition coefficient (Wildman–Crippen LogP) is 1.42. The predicted molar refractivity (Wildman–Crippen MR) is 65.2 cm³/mol. The third-order valence-corrected chi connectivity index (χ3v) is 3.80. The lowest BCUT2D eigenvalue weighted by Crippen LogP contribution is -2.00. The number of thiazole rings is 1. The van der Waals surface area contributed by atoms with E-state index in [2.05, 4.69) is 15.1 Å². The molecular weight excluding hydrogens is 260 g/mol. The van der Waals surface area contributed by atoms with Crippen molar-refractivity contribution in [1.29, 1.82) is 0 Å². The van der Waals surface area contributed by atoms with E-state index in [4.69, 9.17) is 5.11 Å². The van der Waals surface area contributed by atoms with Gasteiger partial charge >= 0.3 is 5.97 Å². The highest BCUT2D eigenvalue weighted by atomic mass is 32.2. The molecule has 2 rings (SSSR count). The fourth-order valence-electron chi connectivity index (χ4n) is 1.19. The summed E-state index contributed by atoms with van der Waals surface area (Å²) in [6.07, 6.45) is 1.72. The van der Waals surface area contributed by atoms with Crippen LogP contribution in [0.5, 0.6) is 0 Å². The molecule has 0 saturated carbocycles. The van der Waals surface area contributed by atoms with Gasteiger partial charge in [0.25, 0.3) is 0 Å². The summed E-state index contributed by atoms with van der Waals surface area (Å²) in [5.41, 5.74) is 0. The van der Waals surface area contributed by atoms with Crippen molar-refractivity contribution >= 4 is 29.1 Å². The second-order valence-electron chi connectivity index (χ2n) is 3.27. The Bertz CT molecular complexity index is 549. The number of aliphatic carboxylic acids is 1. The Kier molecular flexibility index (Phi) is 3.43. The summed E-state index contributed by atoms with van der Waals surface area (Å²) in [5, 5.41) is 14.4. The molecule has 8 heteroatoms. The van der Waals surface area contributed by atoms with Crippen LogP contribution in [0.25, 0.3) is 10.7 Å². The van der Waals surface area contributed by atoms with E-state index < -0.39 is 5.97 Å². The molecule has 0 spiro atoms. The van der Waals surface area contributed by atoms with Crippen molar-refractivity contribution in [3.05, 3.63) is 11.2 Å². The first-order valence-electron chi connectivity index (χ1n) is 4.74. The molecule has 2 aromatic heterocycles. The van der Waals surface area contributed by atoms with Crippen LogP contribution < -0.4 is 0 Å². The molecule has 1 N–H and O–H groups in total. The quantitative estimate of drug-likeness (QED) is 0.846. The molecule has 6 nitrogen and oxygen atoms in total. The lowest BCUT2D eigenvalue weighted by Gasteiger charge is -1.94. The van der Waals surface area contributed by atoms with Crippen LogP contribution in [0.15, 0.2) is 11.4 Å². The average molecular weight is 270 g/mol. The van der Waals surface area contributed by atoms with Crippen molar-refractivity contribution < 1.29 is 9.90 Å². The molecule has 0 saturated heterocycles. The number of carboxylic acid groups (broad SMARTS) is 1. The average Bonchev–Trinajstić information content (AvgIpc) is 2.82. The SMILES string of the molecule is Cc1ncc(-c2nc(SCC(=O)O)n(C)n2)s1. The molecule has 0 amide bonds. The normalized spacial score (nSPS) is 10.7.